The standard InChI is InChI=1S/C11H17N5O2/c1-12-11-13-6-9(16(17)18)10(14-11)15(2)7-8-4-3-5-8/h6,8H,3-5,7H2,1-2H3,(H,12,13,14). The Hall–Kier alpha value is -1.92. The van der Waals surface area contributed by atoms with Gasteiger partial charge in [0.1, 0.15) is 6.20 Å². The average Bonchev–Trinajstić information content (AvgIpc) is 2.32. The lowest BCUT2D eigenvalue weighted by Gasteiger charge is -2.30. The molecule has 0 spiro atoms. The highest BCUT2D eigenvalue weighted by molar-refractivity contribution is 5.58. The van der Waals surface area contributed by atoms with E-state index in [4.69, 9.17) is 0 Å². The van der Waals surface area contributed by atoms with Gasteiger partial charge in [0.2, 0.25) is 11.8 Å². The summed E-state index contributed by atoms with van der Waals surface area (Å²) >= 11 is 0. The summed E-state index contributed by atoms with van der Waals surface area (Å²) in [5.41, 5.74) is -0.0455. The predicted octanol–water partition coefficient (Wildman–Crippen LogP) is 1.66. The van der Waals surface area contributed by atoms with Gasteiger partial charge in [0.15, 0.2) is 0 Å². The quantitative estimate of drug-likeness (QED) is 0.633. The van der Waals surface area contributed by atoms with Gasteiger partial charge in [-0.05, 0) is 18.8 Å². The first kappa shape index (κ1) is 12.5. The number of aromatic nitrogens is 2. The summed E-state index contributed by atoms with van der Waals surface area (Å²) in [5.74, 6) is 1.41. The zero-order valence-electron chi connectivity index (χ0n) is 10.6. The van der Waals surface area contributed by atoms with E-state index in [-0.39, 0.29) is 5.69 Å². The zero-order valence-corrected chi connectivity index (χ0v) is 10.6. The van der Waals surface area contributed by atoms with E-state index in [9.17, 15) is 10.1 Å². The number of anilines is 2. The summed E-state index contributed by atoms with van der Waals surface area (Å²) in [5, 5.41) is 13.8. The van der Waals surface area contributed by atoms with Crippen LogP contribution in [-0.4, -0.2) is 35.5 Å². The molecule has 1 aromatic rings. The molecule has 1 heterocycles. The Morgan fingerprint density at radius 3 is 2.83 bits per heavy atom. The van der Waals surface area contributed by atoms with Crippen LogP contribution in [0.1, 0.15) is 19.3 Å². The van der Waals surface area contributed by atoms with E-state index in [1.54, 1.807) is 7.05 Å². The Kier molecular flexibility index (Phi) is 3.59. The van der Waals surface area contributed by atoms with Crippen LogP contribution in [0.2, 0.25) is 0 Å². The van der Waals surface area contributed by atoms with Gasteiger partial charge in [-0.15, -0.1) is 0 Å². The Bertz CT molecular complexity index is 447. The molecule has 98 valence electrons. The minimum absolute atomic E-state index is 0.0455. The molecule has 2 rings (SSSR count). The van der Waals surface area contributed by atoms with E-state index in [2.05, 4.69) is 15.3 Å². The topological polar surface area (TPSA) is 84.2 Å². The Labute approximate surface area is 105 Å². The van der Waals surface area contributed by atoms with Gasteiger partial charge in [-0.2, -0.15) is 4.98 Å². The molecule has 0 bridgehead atoms. The normalized spacial score (nSPS) is 15.0. The Balaban J connectivity index is 2.23. The fourth-order valence-corrected chi connectivity index (χ4v) is 2.05. The maximum absolute atomic E-state index is 11.0. The summed E-state index contributed by atoms with van der Waals surface area (Å²) in [4.78, 5) is 20.5. The van der Waals surface area contributed by atoms with Gasteiger partial charge in [0.05, 0.1) is 4.92 Å². The van der Waals surface area contributed by atoms with Crippen molar-refractivity contribution in [3.05, 3.63) is 16.3 Å². The van der Waals surface area contributed by atoms with E-state index in [1.165, 1.54) is 25.5 Å². The highest BCUT2D eigenvalue weighted by Crippen LogP contribution is 2.31. The van der Waals surface area contributed by atoms with Crippen LogP contribution in [0.15, 0.2) is 6.20 Å². The van der Waals surface area contributed by atoms with E-state index < -0.39 is 4.92 Å². The number of nitro groups is 1. The SMILES string of the molecule is CNc1ncc([N+](=O)[O-])c(N(C)CC2CCC2)n1. The van der Waals surface area contributed by atoms with Crippen molar-refractivity contribution in [1.82, 2.24) is 9.97 Å². The lowest BCUT2D eigenvalue weighted by atomic mass is 9.85. The maximum atomic E-state index is 11.0. The van der Waals surface area contributed by atoms with Crippen LogP contribution in [0, 0.1) is 16.0 Å². The van der Waals surface area contributed by atoms with E-state index in [1.807, 2.05) is 11.9 Å². The molecule has 1 aliphatic rings. The fourth-order valence-electron chi connectivity index (χ4n) is 2.05. The van der Waals surface area contributed by atoms with Crippen molar-refractivity contribution in [3.8, 4) is 0 Å². The highest BCUT2D eigenvalue weighted by Gasteiger charge is 2.25. The number of rotatable bonds is 5. The maximum Gasteiger partial charge on any atom is 0.329 e. The molecule has 1 aliphatic carbocycles. The van der Waals surface area contributed by atoms with Crippen LogP contribution in [0.25, 0.3) is 0 Å². The molecule has 1 fully saturated rings. The van der Waals surface area contributed by atoms with Gasteiger partial charge in [0, 0.05) is 20.6 Å². The van der Waals surface area contributed by atoms with Gasteiger partial charge in [-0.25, -0.2) is 4.98 Å². The van der Waals surface area contributed by atoms with E-state index >= 15 is 0 Å². The first-order valence-corrected chi connectivity index (χ1v) is 6.02. The molecular formula is C11H17N5O2. The zero-order chi connectivity index (χ0) is 13.1. The van der Waals surface area contributed by atoms with Crippen molar-refractivity contribution in [2.24, 2.45) is 5.92 Å². The van der Waals surface area contributed by atoms with E-state index in [0.717, 1.165) is 6.54 Å². The number of hydrogen-bond donors (Lipinski definition) is 1. The van der Waals surface area contributed by atoms with Crippen molar-refractivity contribution in [2.75, 3.05) is 30.9 Å². The molecule has 0 atom stereocenters. The van der Waals surface area contributed by atoms with Crippen LogP contribution in [0.3, 0.4) is 0 Å². The van der Waals surface area contributed by atoms with Crippen molar-refractivity contribution >= 4 is 17.5 Å². The molecule has 18 heavy (non-hydrogen) atoms. The second-order valence-corrected chi connectivity index (χ2v) is 4.59. The number of nitrogens with zero attached hydrogens (tertiary/aromatic N) is 4. The second-order valence-electron chi connectivity index (χ2n) is 4.59. The minimum atomic E-state index is -0.438. The Morgan fingerprint density at radius 1 is 1.61 bits per heavy atom. The summed E-state index contributed by atoms with van der Waals surface area (Å²) in [6.07, 6.45) is 4.90. The van der Waals surface area contributed by atoms with Crippen molar-refractivity contribution < 1.29 is 4.92 Å². The van der Waals surface area contributed by atoms with Crippen LogP contribution in [-0.2, 0) is 0 Å². The average molecular weight is 251 g/mol. The second kappa shape index (κ2) is 5.16. The molecule has 1 aromatic heterocycles. The first-order valence-electron chi connectivity index (χ1n) is 6.02. The summed E-state index contributed by atoms with van der Waals surface area (Å²) in [7, 11) is 3.53. The first-order chi connectivity index (χ1) is 8.61. The number of nitrogens with one attached hydrogen (secondary N) is 1. The molecule has 0 aliphatic heterocycles. The van der Waals surface area contributed by atoms with Crippen LogP contribution >= 0.6 is 0 Å². The molecule has 0 radical (unpaired) electrons. The summed E-state index contributed by atoms with van der Waals surface area (Å²) in [6.45, 7) is 0.807. The van der Waals surface area contributed by atoms with Crippen LogP contribution < -0.4 is 10.2 Å². The largest absolute Gasteiger partial charge is 0.357 e. The van der Waals surface area contributed by atoms with E-state index in [0.29, 0.717) is 17.7 Å². The number of hydrogen-bond acceptors (Lipinski definition) is 6. The molecule has 1 saturated carbocycles. The smallest absolute Gasteiger partial charge is 0.329 e. The monoisotopic (exact) mass is 251 g/mol. The van der Waals surface area contributed by atoms with Gasteiger partial charge in [-0.1, -0.05) is 6.42 Å². The van der Waals surface area contributed by atoms with Gasteiger partial charge < -0.3 is 10.2 Å². The van der Waals surface area contributed by atoms with Crippen LogP contribution in [0.4, 0.5) is 17.5 Å². The third-order valence-corrected chi connectivity index (χ3v) is 3.29. The molecule has 7 heteroatoms. The highest BCUT2D eigenvalue weighted by atomic mass is 16.6. The fraction of sp³-hybridized carbons (Fsp3) is 0.636. The van der Waals surface area contributed by atoms with Crippen LogP contribution in [0.5, 0.6) is 0 Å². The van der Waals surface area contributed by atoms with Gasteiger partial charge in [0.25, 0.3) is 0 Å². The summed E-state index contributed by atoms with van der Waals surface area (Å²) < 4.78 is 0. The molecular weight excluding hydrogens is 234 g/mol. The third-order valence-electron chi connectivity index (χ3n) is 3.29. The molecule has 0 amide bonds. The molecule has 0 saturated heterocycles. The van der Waals surface area contributed by atoms with Gasteiger partial charge >= 0.3 is 5.69 Å². The van der Waals surface area contributed by atoms with Crippen molar-refractivity contribution in [1.29, 1.82) is 0 Å². The molecule has 0 unspecified atom stereocenters. The molecule has 0 aromatic carbocycles. The minimum Gasteiger partial charge on any atom is -0.357 e. The lowest BCUT2D eigenvalue weighted by Crippen LogP contribution is -2.30. The lowest BCUT2D eigenvalue weighted by molar-refractivity contribution is -0.384. The van der Waals surface area contributed by atoms with Gasteiger partial charge in [-0.3, -0.25) is 10.1 Å². The van der Waals surface area contributed by atoms with Crippen molar-refractivity contribution in [3.63, 3.8) is 0 Å². The summed E-state index contributed by atoms with van der Waals surface area (Å²) in [6, 6.07) is 0. The molecule has 7 nitrogen and oxygen atoms in total. The van der Waals surface area contributed by atoms with Crippen molar-refractivity contribution in [2.45, 2.75) is 19.3 Å². The predicted molar refractivity (Wildman–Crippen MR) is 68.8 cm³/mol. The molecule has 1 N–H and O–H groups in total. The Morgan fingerprint density at radius 2 is 2.33 bits per heavy atom. The third kappa shape index (κ3) is 2.49.